The Bertz CT molecular complexity index is 949. The molecule has 0 amide bonds. The van der Waals surface area contributed by atoms with Gasteiger partial charge in [-0.2, -0.15) is 0 Å². The maximum absolute atomic E-state index is 12.6. The summed E-state index contributed by atoms with van der Waals surface area (Å²) >= 11 is 6.52. The van der Waals surface area contributed by atoms with Gasteiger partial charge in [0.25, 0.3) is 5.56 Å². The molecule has 3 aromatic rings. The molecule has 0 spiro atoms. The Labute approximate surface area is 156 Å². The Morgan fingerprint density at radius 1 is 1.46 bits per heavy atom. The fraction of sp³-hybridized carbons (Fsp3) is 0.176. The second-order valence-electron chi connectivity index (χ2n) is 5.00. The number of hydrogen-bond donors (Lipinski definition) is 0. The van der Waals surface area contributed by atoms with E-state index in [0.717, 1.165) is 20.6 Å². The number of nitrogens with zero attached hydrogens (tertiary/aromatic N) is 2. The zero-order valence-corrected chi connectivity index (χ0v) is 16.2. The maximum Gasteiger partial charge on any atom is 0.263 e. The molecular weight excluding hydrogens is 408 g/mol. The second kappa shape index (κ2) is 7.55. The van der Waals surface area contributed by atoms with E-state index in [1.54, 1.807) is 29.5 Å². The number of ether oxygens (including phenoxy) is 1. The van der Waals surface area contributed by atoms with Crippen LogP contribution in [0.15, 0.2) is 56.7 Å². The van der Waals surface area contributed by atoms with Crippen molar-refractivity contribution in [2.75, 3.05) is 7.11 Å². The van der Waals surface area contributed by atoms with E-state index in [1.165, 1.54) is 11.3 Å². The van der Waals surface area contributed by atoms with E-state index in [4.69, 9.17) is 4.74 Å². The van der Waals surface area contributed by atoms with Crippen molar-refractivity contribution < 1.29 is 4.74 Å². The minimum Gasteiger partial charge on any atom is -0.496 e. The van der Waals surface area contributed by atoms with E-state index < -0.39 is 0 Å². The van der Waals surface area contributed by atoms with Gasteiger partial charge in [-0.3, -0.25) is 9.36 Å². The van der Waals surface area contributed by atoms with Crippen molar-refractivity contribution in [1.29, 1.82) is 0 Å². The Hall–Kier alpha value is -1.57. The first kappa shape index (κ1) is 17.3. The SMILES string of the molecule is C=CCn1c(SCc2ccc(OC)c(Br)c2)nc2sccc2c1=O. The predicted octanol–water partition coefficient (Wildman–Crippen LogP) is 4.71. The van der Waals surface area contributed by atoms with Crippen LogP contribution in [0.3, 0.4) is 0 Å². The summed E-state index contributed by atoms with van der Waals surface area (Å²) < 4.78 is 7.83. The second-order valence-corrected chi connectivity index (χ2v) is 7.69. The summed E-state index contributed by atoms with van der Waals surface area (Å²) in [4.78, 5) is 18.0. The van der Waals surface area contributed by atoms with E-state index in [0.29, 0.717) is 22.8 Å². The molecule has 0 saturated heterocycles. The summed E-state index contributed by atoms with van der Waals surface area (Å²) in [6, 6.07) is 7.78. The van der Waals surface area contributed by atoms with Gasteiger partial charge in [-0.15, -0.1) is 17.9 Å². The first-order chi connectivity index (χ1) is 11.6. The number of fused-ring (bicyclic) bond motifs is 1. The molecule has 0 bridgehead atoms. The van der Waals surface area contributed by atoms with Crippen LogP contribution in [-0.2, 0) is 12.3 Å². The molecule has 1 aromatic carbocycles. The van der Waals surface area contributed by atoms with Crippen LogP contribution in [0.5, 0.6) is 5.75 Å². The Kier molecular flexibility index (Phi) is 5.43. The average Bonchev–Trinajstić information content (AvgIpc) is 3.05. The van der Waals surface area contributed by atoms with Crippen molar-refractivity contribution >= 4 is 49.2 Å². The van der Waals surface area contributed by atoms with Crippen LogP contribution >= 0.6 is 39.0 Å². The minimum atomic E-state index is -0.0143. The molecule has 24 heavy (non-hydrogen) atoms. The van der Waals surface area contributed by atoms with Crippen molar-refractivity contribution in [3.8, 4) is 5.75 Å². The van der Waals surface area contributed by atoms with Gasteiger partial charge in [0.05, 0.1) is 17.0 Å². The highest BCUT2D eigenvalue weighted by atomic mass is 79.9. The Morgan fingerprint density at radius 2 is 2.29 bits per heavy atom. The van der Waals surface area contributed by atoms with Crippen molar-refractivity contribution in [1.82, 2.24) is 9.55 Å². The third kappa shape index (κ3) is 3.43. The number of hydrogen-bond acceptors (Lipinski definition) is 5. The molecule has 0 fully saturated rings. The van der Waals surface area contributed by atoms with Gasteiger partial charge in [0.15, 0.2) is 5.16 Å². The quantitative estimate of drug-likeness (QED) is 0.327. The Balaban J connectivity index is 1.91. The maximum atomic E-state index is 12.6. The van der Waals surface area contributed by atoms with E-state index >= 15 is 0 Å². The van der Waals surface area contributed by atoms with Crippen LogP contribution < -0.4 is 10.3 Å². The highest BCUT2D eigenvalue weighted by Crippen LogP contribution is 2.29. The molecule has 0 saturated carbocycles. The largest absolute Gasteiger partial charge is 0.496 e. The van der Waals surface area contributed by atoms with Crippen LogP contribution in [0.4, 0.5) is 0 Å². The molecule has 0 aliphatic carbocycles. The summed E-state index contributed by atoms with van der Waals surface area (Å²) in [6.07, 6.45) is 1.72. The lowest BCUT2D eigenvalue weighted by atomic mass is 10.2. The number of thiophene rings is 1. The lowest BCUT2D eigenvalue weighted by Gasteiger charge is -2.10. The van der Waals surface area contributed by atoms with Gasteiger partial charge < -0.3 is 4.74 Å². The van der Waals surface area contributed by atoms with Crippen LogP contribution in [-0.4, -0.2) is 16.7 Å². The first-order valence-electron chi connectivity index (χ1n) is 7.18. The fourth-order valence-corrected chi connectivity index (χ4v) is 4.62. The highest BCUT2D eigenvalue weighted by Gasteiger charge is 2.12. The van der Waals surface area contributed by atoms with E-state index in [1.807, 2.05) is 29.6 Å². The molecule has 0 aliphatic rings. The van der Waals surface area contributed by atoms with E-state index in [9.17, 15) is 4.79 Å². The van der Waals surface area contributed by atoms with Gasteiger partial charge in [0.2, 0.25) is 0 Å². The molecule has 4 nitrogen and oxygen atoms in total. The van der Waals surface area contributed by atoms with Crippen LogP contribution in [0.25, 0.3) is 10.2 Å². The van der Waals surface area contributed by atoms with Crippen molar-refractivity contribution in [3.63, 3.8) is 0 Å². The summed E-state index contributed by atoms with van der Waals surface area (Å²) in [5.74, 6) is 1.51. The molecule has 2 heterocycles. The van der Waals surface area contributed by atoms with Gasteiger partial charge in [-0.05, 0) is 45.1 Å². The van der Waals surface area contributed by atoms with Gasteiger partial charge in [0.1, 0.15) is 10.6 Å². The summed E-state index contributed by atoms with van der Waals surface area (Å²) in [5.41, 5.74) is 1.11. The molecular formula is C17H15BrN2O2S2. The van der Waals surface area contributed by atoms with Crippen molar-refractivity contribution in [3.05, 3.63) is 62.7 Å². The zero-order valence-electron chi connectivity index (χ0n) is 13.0. The molecule has 0 atom stereocenters. The van der Waals surface area contributed by atoms with Crippen LogP contribution in [0.2, 0.25) is 0 Å². The summed E-state index contributed by atoms with van der Waals surface area (Å²) in [7, 11) is 1.64. The van der Waals surface area contributed by atoms with Crippen molar-refractivity contribution in [2.24, 2.45) is 0 Å². The molecule has 0 aliphatic heterocycles. The van der Waals surface area contributed by atoms with E-state index in [-0.39, 0.29) is 5.56 Å². The van der Waals surface area contributed by atoms with Gasteiger partial charge >= 0.3 is 0 Å². The van der Waals surface area contributed by atoms with Gasteiger partial charge in [-0.25, -0.2) is 4.98 Å². The number of methoxy groups -OCH3 is 1. The molecule has 2 aromatic heterocycles. The smallest absolute Gasteiger partial charge is 0.263 e. The monoisotopic (exact) mass is 422 g/mol. The van der Waals surface area contributed by atoms with Gasteiger partial charge in [0, 0.05) is 12.3 Å². The normalized spacial score (nSPS) is 10.9. The average molecular weight is 423 g/mol. The van der Waals surface area contributed by atoms with Crippen molar-refractivity contribution in [2.45, 2.75) is 17.5 Å². The lowest BCUT2D eigenvalue weighted by Crippen LogP contribution is -2.22. The standard InChI is InChI=1S/C17H15BrN2O2S2/c1-3-7-20-16(21)12-6-8-23-15(12)19-17(20)24-10-11-4-5-14(22-2)13(18)9-11/h3-6,8-9H,1,7,10H2,2H3. The lowest BCUT2D eigenvalue weighted by molar-refractivity contribution is 0.412. The molecule has 3 rings (SSSR count). The van der Waals surface area contributed by atoms with Crippen LogP contribution in [0, 0.1) is 0 Å². The third-order valence-electron chi connectivity index (χ3n) is 3.44. The number of benzene rings is 1. The molecule has 7 heteroatoms. The summed E-state index contributed by atoms with van der Waals surface area (Å²) in [6.45, 7) is 4.19. The highest BCUT2D eigenvalue weighted by molar-refractivity contribution is 9.10. The molecule has 124 valence electrons. The van der Waals surface area contributed by atoms with E-state index in [2.05, 4.69) is 27.5 Å². The zero-order chi connectivity index (χ0) is 17.1. The molecule has 0 radical (unpaired) electrons. The number of aromatic nitrogens is 2. The molecule has 0 unspecified atom stereocenters. The van der Waals surface area contributed by atoms with Gasteiger partial charge in [-0.1, -0.05) is 23.9 Å². The fourth-order valence-electron chi connectivity index (χ4n) is 2.28. The topological polar surface area (TPSA) is 44.1 Å². The first-order valence-corrected chi connectivity index (χ1v) is 9.84. The number of allylic oxidation sites excluding steroid dienone is 1. The predicted molar refractivity (Wildman–Crippen MR) is 104 cm³/mol. The number of thioether (sulfide) groups is 1. The molecule has 0 N–H and O–H groups in total. The summed E-state index contributed by atoms with van der Waals surface area (Å²) in [5, 5.41) is 3.27. The minimum absolute atomic E-state index is 0.0143. The van der Waals surface area contributed by atoms with Crippen LogP contribution in [0.1, 0.15) is 5.56 Å². The number of halogens is 1. The third-order valence-corrected chi connectivity index (χ3v) is 5.92. The Morgan fingerprint density at radius 3 is 3.00 bits per heavy atom. The number of rotatable bonds is 6.